The smallest absolute Gasteiger partial charge is 0.306 e. The highest BCUT2D eigenvalue weighted by Gasteiger charge is 2.17. The molecule has 0 aliphatic heterocycles. The van der Waals surface area contributed by atoms with E-state index in [0.717, 1.165) is 25.7 Å². The Labute approximate surface area is 89.6 Å². The maximum Gasteiger partial charge on any atom is 0.306 e. The van der Waals surface area contributed by atoms with Crippen molar-refractivity contribution >= 4 is 11.9 Å². The number of hydrogen-bond donors (Lipinski definition) is 1. The number of carbonyl (C=O) groups excluding carboxylic acids is 1. The van der Waals surface area contributed by atoms with Gasteiger partial charge >= 0.3 is 11.9 Å². The molecule has 1 aliphatic carbocycles. The number of esters is 1. The Balaban J connectivity index is 2.09. The van der Waals surface area contributed by atoms with E-state index >= 15 is 0 Å². The fourth-order valence-corrected chi connectivity index (χ4v) is 1.81. The standard InChI is InChI=1S/C11H18O4/c12-10(13)7-4-8-11(14)15-9-5-2-1-3-6-9/h9H,1-8H2,(H,12,13). The van der Waals surface area contributed by atoms with Gasteiger partial charge in [-0.05, 0) is 32.1 Å². The Morgan fingerprint density at radius 2 is 1.80 bits per heavy atom. The summed E-state index contributed by atoms with van der Waals surface area (Å²) in [5.41, 5.74) is 0. The van der Waals surface area contributed by atoms with Crippen LogP contribution in [-0.2, 0) is 14.3 Å². The average Bonchev–Trinajstić information content (AvgIpc) is 2.18. The summed E-state index contributed by atoms with van der Waals surface area (Å²) in [7, 11) is 0. The van der Waals surface area contributed by atoms with E-state index in [9.17, 15) is 9.59 Å². The van der Waals surface area contributed by atoms with Crippen LogP contribution in [0.25, 0.3) is 0 Å². The van der Waals surface area contributed by atoms with Crippen LogP contribution >= 0.6 is 0 Å². The van der Waals surface area contributed by atoms with Crippen LogP contribution in [0, 0.1) is 0 Å². The van der Waals surface area contributed by atoms with Gasteiger partial charge in [0.2, 0.25) is 0 Å². The van der Waals surface area contributed by atoms with Crippen LogP contribution in [0.5, 0.6) is 0 Å². The van der Waals surface area contributed by atoms with Crippen LogP contribution in [0.3, 0.4) is 0 Å². The van der Waals surface area contributed by atoms with Gasteiger partial charge in [0.15, 0.2) is 0 Å². The number of carbonyl (C=O) groups is 2. The highest BCUT2D eigenvalue weighted by molar-refractivity contribution is 5.71. The Kier molecular flexibility index (Phi) is 5.15. The van der Waals surface area contributed by atoms with Gasteiger partial charge in [0.05, 0.1) is 0 Å². The second-order valence-electron chi connectivity index (χ2n) is 4.00. The van der Waals surface area contributed by atoms with Gasteiger partial charge in [-0.1, -0.05) is 6.42 Å². The van der Waals surface area contributed by atoms with E-state index in [1.807, 2.05) is 0 Å². The van der Waals surface area contributed by atoms with Crippen molar-refractivity contribution in [1.82, 2.24) is 0 Å². The number of ether oxygens (including phenoxy) is 1. The third-order valence-electron chi connectivity index (χ3n) is 2.62. The third kappa shape index (κ3) is 5.40. The molecule has 4 heteroatoms. The topological polar surface area (TPSA) is 63.6 Å². The van der Waals surface area contributed by atoms with Crippen molar-refractivity contribution in [2.45, 2.75) is 57.5 Å². The van der Waals surface area contributed by atoms with Crippen LogP contribution in [-0.4, -0.2) is 23.1 Å². The molecule has 1 fully saturated rings. The fourth-order valence-electron chi connectivity index (χ4n) is 1.81. The zero-order chi connectivity index (χ0) is 11.1. The summed E-state index contributed by atoms with van der Waals surface area (Å²) < 4.78 is 5.24. The molecule has 0 atom stereocenters. The molecule has 0 aromatic heterocycles. The summed E-state index contributed by atoms with van der Waals surface area (Å²) in [4.78, 5) is 21.5. The van der Waals surface area contributed by atoms with Crippen molar-refractivity contribution in [1.29, 1.82) is 0 Å². The number of aliphatic carboxylic acids is 1. The lowest BCUT2D eigenvalue weighted by Gasteiger charge is -2.21. The first-order valence-corrected chi connectivity index (χ1v) is 5.60. The van der Waals surface area contributed by atoms with Gasteiger partial charge in [-0.15, -0.1) is 0 Å². The first-order chi connectivity index (χ1) is 7.18. The Morgan fingerprint density at radius 3 is 2.40 bits per heavy atom. The molecule has 0 bridgehead atoms. The minimum absolute atomic E-state index is 0.0414. The van der Waals surface area contributed by atoms with Crippen LogP contribution in [0.2, 0.25) is 0 Å². The summed E-state index contributed by atoms with van der Waals surface area (Å²) in [5.74, 6) is -1.11. The van der Waals surface area contributed by atoms with E-state index < -0.39 is 5.97 Å². The zero-order valence-electron chi connectivity index (χ0n) is 8.91. The summed E-state index contributed by atoms with van der Waals surface area (Å²) in [5, 5.41) is 8.40. The summed E-state index contributed by atoms with van der Waals surface area (Å²) in [6.45, 7) is 0. The van der Waals surface area contributed by atoms with Crippen LogP contribution in [0.4, 0.5) is 0 Å². The lowest BCUT2D eigenvalue weighted by molar-refractivity contribution is -0.150. The molecule has 0 amide bonds. The SMILES string of the molecule is O=C(O)CCCC(=O)OC1CCCCC1. The Bertz CT molecular complexity index is 219. The van der Waals surface area contributed by atoms with Crippen molar-refractivity contribution in [2.75, 3.05) is 0 Å². The van der Waals surface area contributed by atoms with E-state index in [1.165, 1.54) is 6.42 Å². The van der Waals surface area contributed by atoms with E-state index in [2.05, 4.69) is 0 Å². The molecule has 0 spiro atoms. The second kappa shape index (κ2) is 6.43. The molecular formula is C11H18O4. The van der Waals surface area contributed by atoms with Crippen LogP contribution < -0.4 is 0 Å². The molecule has 0 unspecified atom stereocenters. The van der Waals surface area contributed by atoms with Gasteiger partial charge < -0.3 is 9.84 Å². The molecule has 4 nitrogen and oxygen atoms in total. The van der Waals surface area contributed by atoms with Crippen molar-refractivity contribution in [3.63, 3.8) is 0 Å². The maximum absolute atomic E-state index is 11.3. The molecule has 1 N–H and O–H groups in total. The first-order valence-electron chi connectivity index (χ1n) is 5.60. The fraction of sp³-hybridized carbons (Fsp3) is 0.818. The number of hydrogen-bond acceptors (Lipinski definition) is 3. The Hall–Kier alpha value is -1.06. The minimum atomic E-state index is -0.861. The van der Waals surface area contributed by atoms with Gasteiger partial charge in [0, 0.05) is 12.8 Å². The predicted octanol–water partition coefficient (Wildman–Crippen LogP) is 2.12. The highest BCUT2D eigenvalue weighted by atomic mass is 16.5. The summed E-state index contributed by atoms with van der Waals surface area (Å²) in [6.07, 6.45) is 6.14. The molecule has 0 aromatic rings. The molecule has 1 aliphatic rings. The van der Waals surface area contributed by atoms with Gasteiger partial charge in [-0.25, -0.2) is 0 Å². The second-order valence-corrected chi connectivity index (χ2v) is 4.00. The van der Waals surface area contributed by atoms with E-state index in [1.54, 1.807) is 0 Å². The number of carboxylic acids is 1. The molecule has 15 heavy (non-hydrogen) atoms. The third-order valence-corrected chi connectivity index (χ3v) is 2.62. The van der Waals surface area contributed by atoms with Crippen molar-refractivity contribution < 1.29 is 19.4 Å². The molecule has 0 aromatic carbocycles. The van der Waals surface area contributed by atoms with Gasteiger partial charge in [0.1, 0.15) is 6.10 Å². The van der Waals surface area contributed by atoms with E-state index in [4.69, 9.17) is 9.84 Å². The lowest BCUT2D eigenvalue weighted by Crippen LogP contribution is -2.20. The van der Waals surface area contributed by atoms with Gasteiger partial charge in [-0.2, -0.15) is 0 Å². The van der Waals surface area contributed by atoms with Crippen LogP contribution in [0.1, 0.15) is 51.4 Å². The largest absolute Gasteiger partial charge is 0.481 e. The molecular weight excluding hydrogens is 196 g/mol. The molecule has 1 rings (SSSR count). The monoisotopic (exact) mass is 214 g/mol. The maximum atomic E-state index is 11.3. The van der Waals surface area contributed by atoms with E-state index in [-0.39, 0.29) is 24.9 Å². The number of rotatable bonds is 5. The molecule has 86 valence electrons. The normalized spacial score (nSPS) is 17.3. The van der Waals surface area contributed by atoms with Crippen molar-refractivity contribution in [3.05, 3.63) is 0 Å². The molecule has 1 saturated carbocycles. The lowest BCUT2D eigenvalue weighted by atomic mass is 9.98. The zero-order valence-corrected chi connectivity index (χ0v) is 8.91. The number of carboxylic acid groups (broad SMARTS) is 1. The molecule has 0 heterocycles. The van der Waals surface area contributed by atoms with Crippen LogP contribution in [0.15, 0.2) is 0 Å². The quantitative estimate of drug-likeness (QED) is 0.712. The summed E-state index contributed by atoms with van der Waals surface area (Å²) >= 11 is 0. The summed E-state index contributed by atoms with van der Waals surface area (Å²) in [6, 6.07) is 0. The first kappa shape index (κ1) is 12.0. The minimum Gasteiger partial charge on any atom is -0.481 e. The Morgan fingerprint density at radius 1 is 1.13 bits per heavy atom. The van der Waals surface area contributed by atoms with Crippen molar-refractivity contribution in [3.8, 4) is 0 Å². The average molecular weight is 214 g/mol. The molecule has 0 saturated heterocycles. The van der Waals surface area contributed by atoms with E-state index in [0.29, 0.717) is 6.42 Å². The highest BCUT2D eigenvalue weighted by Crippen LogP contribution is 2.20. The van der Waals surface area contributed by atoms with Gasteiger partial charge in [0.25, 0.3) is 0 Å². The predicted molar refractivity (Wildman–Crippen MR) is 54.5 cm³/mol. The molecule has 0 radical (unpaired) electrons. The van der Waals surface area contributed by atoms with Crippen molar-refractivity contribution in [2.24, 2.45) is 0 Å². The van der Waals surface area contributed by atoms with Gasteiger partial charge in [-0.3, -0.25) is 9.59 Å².